The molecule has 1 aliphatic heterocycles. The molecule has 23 heavy (non-hydrogen) atoms. The second-order valence-electron chi connectivity index (χ2n) is 5.30. The molecule has 1 aromatic rings. The Balaban J connectivity index is 2.02. The Kier molecular flexibility index (Phi) is 6.35. The van der Waals surface area contributed by atoms with E-state index in [4.69, 9.17) is 21.4 Å². The lowest BCUT2D eigenvalue weighted by atomic mass is 10.0. The molecule has 1 saturated heterocycles. The molecule has 1 aromatic carbocycles. The highest BCUT2D eigenvalue weighted by Gasteiger charge is 2.34. The molecule has 1 fully saturated rings. The number of carbonyl (C=O) groups is 2. The van der Waals surface area contributed by atoms with Gasteiger partial charge in [0.15, 0.2) is 0 Å². The van der Waals surface area contributed by atoms with Crippen LogP contribution < -0.4 is 10.9 Å². The van der Waals surface area contributed by atoms with Crippen LogP contribution in [0.5, 0.6) is 0 Å². The Morgan fingerprint density at radius 1 is 1.39 bits per heavy atom. The molecule has 2 unspecified atom stereocenters. The predicted octanol–water partition coefficient (Wildman–Crippen LogP) is 0.807. The molecule has 0 spiro atoms. The highest BCUT2D eigenvalue weighted by atomic mass is 35.5. The summed E-state index contributed by atoms with van der Waals surface area (Å²) in [5.41, 5.74) is 6.88. The van der Waals surface area contributed by atoms with Crippen LogP contribution in [-0.4, -0.2) is 54.7 Å². The minimum atomic E-state index is -1.05. The zero-order chi connectivity index (χ0) is 16.8. The maximum Gasteiger partial charge on any atom is 0.323 e. The van der Waals surface area contributed by atoms with E-state index < -0.39 is 12.0 Å². The molecule has 126 valence electrons. The molecule has 0 aromatic heterocycles. The molecule has 2 atom stereocenters. The lowest BCUT2D eigenvalue weighted by Crippen LogP contribution is -2.48. The average Bonchev–Trinajstić information content (AvgIpc) is 3.00. The van der Waals surface area contributed by atoms with Gasteiger partial charge in [-0.15, -0.1) is 0 Å². The van der Waals surface area contributed by atoms with Crippen LogP contribution in [0.25, 0.3) is 0 Å². The number of rotatable bonds is 7. The largest absolute Gasteiger partial charge is 0.480 e. The Bertz CT molecular complexity index is 569. The summed E-state index contributed by atoms with van der Waals surface area (Å²) < 4.78 is 4.93. The van der Waals surface area contributed by atoms with Crippen molar-refractivity contribution < 1.29 is 19.4 Å². The van der Waals surface area contributed by atoms with Gasteiger partial charge in [-0.1, -0.05) is 29.8 Å². The van der Waals surface area contributed by atoms with Crippen LogP contribution in [0.1, 0.15) is 18.0 Å². The Labute approximate surface area is 139 Å². The van der Waals surface area contributed by atoms with Gasteiger partial charge in [0.25, 0.3) is 0 Å². The summed E-state index contributed by atoms with van der Waals surface area (Å²) in [6.45, 7) is 0.167. The highest BCUT2D eigenvalue weighted by molar-refractivity contribution is 6.31. The summed E-state index contributed by atoms with van der Waals surface area (Å²) in [6, 6.07) is 6.81. The fraction of sp³-hybridized carbons (Fsp3) is 0.467. The lowest BCUT2D eigenvalue weighted by molar-refractivity contribution is -0.145. The van der Waals surface area contributed by atoms with Gasteiger partial charge < -0.3 is 14.7 Å². The first-order valence-corrected chi connectivity index (χ1v) is 7.65. The molecule has 1 aliphatic rings. The molecule has 7 nitrogen and oxygen atoms in total. The number of nitrogens with zero attached hydrogens (tertiary/aromatic N) is 1. The van der Waals surface area contributed by atoms with Gasteiger partial charge in [0.05, 0.1) is 6.61 Å². The molecule has 8 heteroatoms. The van der Waals surface area contributed by atoms with Gasteiger partial charge >= 0.3 is 5.97 Å². The SMILES string of the molecule is COCCN(CC(=O)O)C(=O)C1CC(c2ccccc2Cl)NN1. The fourth-order valence-corrected chi connectivity index (χ4v) is 2.80. The second-order valence-corrected chi connectivity index (χ2v) is 5.70. The monoisotopic (exact) mass is 341 g/mol. The van der Waals surface area contributed by atoms with Crippen molar-refractivity contribution in [3.63, 3.8) is 0 Å². The quantitative estimate of drug-likeness (QED) is 0.680. The van der Waals surface area contributed by atoms with E-state index in [-0.39, 0.29) is 31.6 Å². The Hall–Kier alpha value is -1.67. The van der Waals surface area contributed by atoms with E-state index in [9.17, 15) is 9.59 Å². The van der Waals surface area contributed by atoms with E-state index in [0.29, 0.717) is 11.4 Å². The summed E-state index contributed by atoms with van der Waals surface area (Å²) >= 11 is 6.17. The molecule has 0 bridgehead atoms. The molecule has 1 heterocycles. The molecule has 0 saturated carbocycles. The summed E-state index contributed by atoms with van der Waals surface area (Å²) in [5, 5.41) is 9.58. The van der Waals surface area contributed by atoms with Crippen LogP contribution in [0.15, 0.2) is 24.3 Å². The Morgan fingerprint density at radius 2 is 2.13 bits per heavy atom. The predicted molar refractivity (Wildman–Crippen MR) is 85.0 cm³/mol. The van der Waals surface area contributed by atoms with Crippen LogP contribution in [0.3, 0.4) is 0 Å². The first-order valence-electron chi connectivity index (χ1n) is 7.28. The van der Waals surface area contributed by atoms with Gasteiger partial charge in [-0.2, -0.15) is 0 Å². The zero-order valence-corrected chi connectivity index (χ0v) is 13.5. The van der Waals surface area contributed by atoms with E-state index >= 15 is 0 Å². The lowest BCUT2D eigenvalue weighted by Gasteiger charge is -2.23. The molecule has 0 aliphatic carbocycles. The first-order chi connectivity index (χ1) is 11.0. The van der Waals surface area contributed by atoms with Gasteiger partial charge in [0.2, 0.25) is 5.91 Å². The zero-order valence-electron chi connectivity index (χ0n) is 12.8. The van der Waals surface area contributed by atoms with Crippen LogP contribution >= 0.6 is 11.6 Å². The molecule has 3 N–H and O–H groups in total. The van der Waals surface area contributed by atoms with Crippen LogP contribution in [0, 0.1) is 0 Å². The van der Waals surface area contributed by atoms with Gasteiger partial charge in [-0.3, -0.25) is 9.59 Å². The number of hydrogen-bond acceptors (Lipinski definition) is 5. The number of carboxylic acid groups (broad SMARTS) is 1. The van der Waals surface area contributed by atoms with Crippen molar-refractivity contribution in [1.82, 2.24) is 15.8 Å². The number of ether oxygens (including phenoxy) is 1. The average molecular weight is 342 g/mol. The van der Waals surface area contributed by atoms with Gasteiger partial charge in [-0.05, 0) is 18.1 Å². The summed E-state index contributed by atoms with van der Waals surface area (Å²) in [7, 11) is 1.51. The van der Waals surface area contributed by atoms with Crippen molar-refractivity contribution >= 4 is 23.5 Å². The maximum absolute atomic E-state index is 12.5. The maximum atomic E-state index is 12.5. The number of hydrogen-bond donors (Lipinski definition) is 3. The standard InChI is InChI=1S/C15H20ClN3O4/c1-23-7-6-19(9-14(20)21)15(22)13-8-12(17-18-13)10-4-2-3-5-11(10)16/h2-5,12-13,17-18H,6-9H2,1H3,(H,20,21). The van der Waals surface area contributed by atoms with Crippen molar-refractivity contribution in [3.05, 3.63) is 34.9 Å². The normalized spacial score (nSPS) is 20.4. The smallest absolute Gasteiger partial charge is 0.323 e. The number of aliphatic carboxylic acids is 1. The van der Waals surface area contributed by atoms with Crippen LogP contribution in [-0.2, 0) is 14.3 Å². The van der Waals surface area contributed by atoms with Gasteiger partial charge in [0, 0.05) is 24.7 Å². The summed E-state index contributed by atoms with van der Waals surface area (Å²) in [5.74, 6) is -1.32. The number of benzene rings is 1. The fourth-order valence-electron chi connectivity index (χ4n) is 2.53. The third-order valence-corrected chi connectivity index (χ3v) is 4.03. The van der Waals surface area contributed by atoms with E-state index in [2.05, 4.69) is 10.9 Å². The van der Waals surface area contributed by atoms with Gasteiger partial charge in [0.1, 0.15) is 12.6 Å². The van der Waals surface area contributed by atoms with Crippen molar-refractivity contribution in [2.75, 3.05) is 26.8 Å². The number of halogens is 1. The van der Waals surface area contributed by atoms with E-state index in [1.807, 2.05) is 18.2 Å². The van der Waals surface area contributed by atoms with Crippen LogP contribution in [0.2, 0.25) is 5.02 Å². The molecular formula is C15H20ClN3O4. The topological polar surface area (TPSA) is 90.9 Å². The summed E-state index contributed by atoms with van der Waals surface area (Å²) in [4.78, 5) is 24.7. The first kappa shape index (κ1) is 17.7. The van der Waals surface area contributed by atoms with E-state index in [1.165, 1.54) is 12.0 Å². The molecular weight excluding hydrogens is 322 g/mol. The van der Waals surface area contributed by atoms with Crippen LogP contribution in [0.4, 0.5) is 0 Å². The molecule has 1 amide bonds. The van der Waals surface area contributed by atoms with Crippen molar-refractivity contribution in [2.24, 2.45) is 0 Å². The van der Waals surface area contributed by atoms with Crippen molar-refractivity contribution in [2.45, 2.75) is 18.5 Å². The second kappa shape index (κ2) is 8.26. The molecule has 0 radical (unpaired) electrons. The van der Waals surface area contributed by atoms with E-state index in [0.717, 1.165) is 5.56 Å². The highest BCUT2D eigenvalue weighted by Crippen LogP contribution is 2.28. The molecule has 2 rings (SSSR count). The minimum Gasteiger partial charge on any atom is -0.480 e. The number of amides is 1. The summed E-state index contributed by atoms with van der Waals surface area (Å²) in [6.07, 6.45) is 0.492. The van der Waals surface area contributed by atoms with Crippen molar-refractivity contribution in [3.8, 4) is 0 Å². The minimum absolute atomic E-state index is 0.105. The van der Waals surface area contributed by atoms with E-state index in [1.54, 1.807) is 6.07 Å². The van der Waals surface area contributed by atoms with Gasteiger partial charge in [-0.25, -0.2) is 10.9 Å². The third kappa shape index (κ3) is 4.65. The number of carboxylic acids is 1. The van der Waals surface area contributed by atoms with Crippen molar-refractivity contribution in [1.29, 1.82) is 0 Å². The number of methoxy groups -OCH3 is 1. The number of carbonyl (C=O) groups excluding carboxylic acids is 1. The Morgan fingerprint density at radius 3 is 2.78 bits per heavy atom. The number of nitrogens with one attached hydrogen (secondary N) is 2. The third-order valence-electron chi connectivity index (χ3n) is 3.69. The number of hydrazine groups is 1.